The largest absolute Gasteiger partial charge is 0.324 e. The van der Waals surface area contributed by atoms with Crippen molar-refractivity contribution in [2.45, 2.75) is 12.1 Å². The molecule has 1 rings (SSSR count). The Labute approximate surface area is 73.1 Å². The number of nitrogens with one attached hydrogen (secondary N) is 1. The van der Waals surface area contributed by atoms with E-state index in [2.05, 4.69) is 25.9 Å². The van der Waals surface area contributed by atoms with Crippen LogP contribution >= 0.6 is 15.9 Å². The molecule has 1 aromatic heterocycles. The van der Waals surface area contributed by atoms with Gasteiger partial charge in [0.15, 0.2) is 0 Å². The molecule has 0 saturated carbocycles. The lowest BCUT2D eigenvalue weighted by Crippen LogP contribution is -2.05. The van der Waals surface area contributed by atoms with E-state index in [0.29, 0.717) is 4.60 Å². The lowest BCUT2D eigenvalue weighted by molar-refractivity contribution is 0.590. The molecule has 1 aromatic rings. The number of aromatic amines is 1. The van der Waals surface area contributed by atoms with Crippen molar-refractivity contribution < 1.29 is 8.42 Å². The molecule has 6 heteroatoms. The van der Waals surface area contributed by atoms with Crippen LogP contribution in [0.5, 0.6) is 0 Å². The van der Waals surface area contributed by atoms with Crippen molar-refractivity contribution >= 4 is 25.8 Å². The minimum absolute atomic E-state index is 0.0203. The minimum Gasteiger partial charge on any atom is -0.324 e. The van der Waals surface area contributed by atoms with E-state index in [-0.39, 0.29) is 10.9 Å². The van der Waals surface area contributed by atoms with E-state index < -0.39 is 9.84 Å². The summed E-state index contributed by atoms with van der Waals surface area (Å²) in [4.78, 5) is 6.25. The van der Waals surface area contributed by atoms with Crippen LogP contribution in [0.1, 0.15) is 6.92 Å². The molecular weight excluding hydrogens is 232 g/mol. The highest BCUT2D eigenvalue weighted by atomic mass is 79.9. The van der Waals surface area contributed by atoms with Crippen LogP contribution < -0.4 is 0 Å². The predicted octanol–water partition coefficient (Wildman–Crippen LogP) is 0.966. The second kappa shape index (κ2) is 2.94. The fourth-order valence-electron chi connectivity index (χ4n) is 0.577. The maximum atomic E-state index is 11.1. The summed E-state index contributed by atoms with van der Waals surface area (Å²) in [5.74, 6) is 0.0625. The lowest BCUT2D eigenvalue weighted by atomic mass is 11.0. The molecular formula is C5H7BrN2O2S. The summed E-state index contributed by atoms with van der Waals surface area (Å²) >= 11 is 3.07. The van der Waals surface area contributed by atoms with Crippen LogP contribution in [0.3, 0.4) is 0 Å². The van der Waals surface area contributed by atoms with Gasteiger partial charge in [-0.25, -0.2) is 13.4 Å². The van der Waals surface area contributed by atoms with E-state index in [1.165, 1.54) is 6.20 Å². The Balaban J connectivity index is 3.13. The molecule has 0 aliphatic rings. The highest BCUT2D eigenvalue weighted by Gasteiger charge is 2.14. The van der Waals surface area contributed by atoms with Gasteiger partial charge in [-0.05, 0) is 15.9 Å². The number of rotatable bonds is 2. The quantitative estimate of drug-likeness (QED) is 0.836. The van der Waals surface area contributed by atoms with Gasteiger partial charge in [0, 0.05) is 0 Å². The number of halogens is 1. The number of H-pyrrole nitrogens is 1. The number of sulfone groups is 1. The summed E-state index contributed by atoms with van der Waals surface area (Å²) < 4.78 is 22.8. The SMILES string of the molecule is CCS(=O)(=O)c1ncc(Br)[nH]1. The Hall–Kier alpha value is -0.360. The highest BCUT2D eigenvalue weighted by Crippen LogP contribution is 2.10. The zero-order chi connectivity index (χ0) is 8.48. The van der Waals surface area contributed by atoms with Crippen LogP contribution in [0.15, 0.2) is 16.0 Å². The molecule has 0 bridgehead atoms. The van der Waals surface area contributed by atoms with E-state index in [9.17, 15) is 8.42 Å². The normalized spacial score (nSPS) is 11.8. The number of nitrogens with zero attached hydrogens (tertiary/aromatic N) is 1. The monoisotopic (exact) mass is 238 g/mol. The molecule has 1 heterocycles. The van der Waals surface area contributed by atoms with Crippen LogP contribution in [0.25, 0.3) is 0 Å². The molecule has 0 spiro atoms. The number of hydrogen-bond acceptors (Lipinski definition) is 3. The first-order valence-electron chi connectivity index (χ1n) is 2.99. The van der Waals surface area contributed by atoms with Gasteiger partial charge < -0.3 is 4.98 Å². The van der Waals surface area contributed by atoms with E-state index in [4.69, 9.17) is 0 Å². The van der Waals surface area contributed by atoms with Gasteiger partial charge >= 0.3 is 0 Å². The smallest absolute Gasteiger partial charge is 0.225 e. The highest BCUT2D eigenvalue weighted by molar-refractivity contribution is 9.10. The van der Waals surface area contributed by atoms with Crippen LogP contribution in [-0.4, -0.2) is 24.1 Å². The summed E-state index contributed by atoms with van der Waals surface area (Å²) in [5.41, 5.74) is 0. The van der Waals surface area contributed by atoms with Crippen molar-refractivity contribution in [2.75, 3.05) is 5.75 Å². The summed E-state index contributed by atoms with van der Waals surface area (Å²) in [7, 11) is -3.17. The minimum atomic E-state index is -3.17. The second-order valence-corrected chi connectivity index (χ2v) is 4.99. The summed E-state index contributed by atoms with van der Waals surface area (Å²) in [6, 6.07) is 0. The Morgan fingerprint density at radius 2 is 2.36 bits per heavy atom. The van der Waals surface area contributed by atoms with Crippen molar-refractivity contribution in [2.24, 2.45) is 0 Å². The number of hydrogen-bond donors (Lipinski definition) is 1. The van der Waals surface area contributed by atoms with E-state index >= 15 is 0 Å². The first kappa shape index (κ1) is 8.73. The topological polar surface area (TPSA) is 62.8 Å². The molecule has 1 N–H and O–H groups in total. The molecule has 62 valence electrons. The molecule has 0 amide bonds. The maximum absolute atomic E-state index is 11.1. The fraction of sp³-hybridized carbons (Fsp3) is 0.400. The molecule has 0 saturated heterocycles. The summed E-state index contributed by atoms with van der Waals surface area (Å²) in [6.45, 7) is 1.58. The molecule has 0 aromatic carbocycles. The Bertz CT molecular complexity index is 343. The van der Waals surface area contributed by atoms with Gasteiger partial charge in [-0.2, -0.15) is 0 Å². The average Bonchev–Trinajstić information content (AvgIpc) is 2.36. The summed E-state index contributed by atoms with van der Waals surface area (Å²) in [5, 5.41) is 0.0203. The molecule has 0 unspecified atom stereocenters. The van der Waals surface area contributed by atoms with E-state index in [1.807, 2.05) is 0 Å². The lowest BCUT2D eigenvalue weighted by Gasteiger charge is -1.92. The zero-order valence-electron chi connectivity index (χ0n) is 5.83. The maximum Gasteiger partial charge on any atom is 0.225 e. The van der Waals surface area contributed by atoms with Crippen molar-refractivity contribution in [3.05, 3.63) is 10.8 Å². The molecule has 11 heavy (non-hydrogen) atoms. The summed E-state index contributed by atoms with van der Waals surface area (Å²) in [6.07, 6.45) is 1.42. The van der Waals surface area contributed by atoms with Crippen molar-refractivity contribution in [1.29, 1.82) is 0 Å². The van der Waals surface area contributed by atoms with Crippen molar-refractivity contribution in [3.63, 3.8) is 0 Å². The molecule has 0 radical (unpaired) electrons. The van der Waals surface area contributed by atoms with Crippen molar-refractivity contribution in [3.8, 4) is 0 Å². The number of imidazole rings is 1. The van der Waals surface area contributed by atoms with Crippen LogP contribution in [0.2, 0.25) is 0 Å². The van der Waals surface area contributed by atoms with Gasteiger partial charge in [-0.3, -0.25) is 0 Å². The first-order chi connectivity index (χ1) is 5.06. The van der Waals surface area contributed by atoms with Crippen LogP contribution in [0, 0.1) is 0 Å². The molecule has 0 fully saturated rings. The van der Waals surface area contributed by atoms with Gasteiger partial charge in [0.05, 0.1) is 11.9 Å². The second-order valence-electron chi connectivity index (χ2n) is 1.94. The van der Waals surface area contributed by atoms with E-state index in [0.717, 1.165) is 0 Å². The molecule has 0 aliphatic heterocycles. The van der Waals surface area contributed by atoms with Crippen LogP contribution in [0.4, 0.5) is 0 Å². The molecule has 4 nitrogen and oxygen atoms in total. The average molecular weight is 239 g/mol. The molecule has 0 aliphatic carbocycles. The first-order valence-corrected chi connectivity index (χ1v) is 5.44. The van der Waals surface area contributed by atoms with Crippen LogP contribution in [-0.2, 0) is 9.84 Å². The van der Waals surface area contributed by atoms with Gasteiger partial charge in [0.1, 0.15) is 4.60 Å². The Morgan fingerprint density at radius 3 is 2.73 bits per heavy atom. The predicted molar refractivity (Wildman–Crippen MR) is 44.0 cm³/mol. The number of aromatic nitrogens is 2. The third-order valence-corrected chi connectivity index (χ3v) is 3.16. The van der Waals surface area contributed by atoms with Gasteiger partial charge in [0.2, 0.25) is 15.0 Å². The Kier molecular flexibility index (Phi) is 2.34. The van der Waals surface area contributed by atoms with Crippen molar-refractivity contribution in [1.82, 2.24) is 9.97 Å². The van der Waals surface area contributed by atoms with Gasteiger partial charge in [-0.15, -0.1) is 0 Å². The molecule has 0 atom stereocenters. The zero-order valence-corrected chi connectivity index (χ0v) is 8.24. The fourth-order valence-corrected chi connectivity index (χ4v) is 1.75. The standard InChI is InChI=1S/C5H7BrN2O2S/c1-2-11(9,10)5-7-3-4(6)8-5/h3H,2H2,1H3,(H,7,8). The van der Waals surface area contributed by atoms with E-state index in [1.54, 1.807) is 6.92 Å². The Morgan fingerprint density at radius 1 is 1.73 bits per heavy atom. The van der Waals surface area contributed by atoms with Gasteiger partial charge in [0.25, 0.3) is 0 Å². The third kappa shape index (κ3) is 1.81. The third-order valence-electron chi connectivity index (χ3n) is 1.20. The van der Waals surface area contributed by atoms with Gasteiger partial charge in [-0.1, -0.05) is 6.92 Å².